The lowest BCUT2D eigenvalue weighted by atomic mass is 10.1. The van der Waals surface area contributed by atoms with Gasteiger partial charge in [0.15, 0.2) is 0 Å². The highest BCUT2D eigenvalue weighted by Crippen LogP contribution is 2.05. The second-order valence-corrected chi connectivity index (χ2v) is 11.9. The smallest absolute Gasteiger partial charge is 0.325 e. The maximum Gasteiger partial charge on any atom is 0.325 e. The molecule has 0 rings (SSSR count). The predicted octanol–water partition coefficient (Wildman–Crippen LogP) is -0.823. The molecule has 0 bridgehead atoms. The highest BCUT2D eigenvalue weighted by atomic mass is 16.4. The zero-order chi connectivity index (χ0) is 35.5. The molecule has 274 valence electrons. The quantitative estimate of drug-likeness (QED) is 0.0426. The van der Waals surface area contributed by atoms with Crippen LogP contribution in [0.5, 0.6) is 0 Å². The first-order chi connectivity index (χ1) is 22.6. The van der Waals surface area contributed by atoms with Gasteiger partial charge in [0, 0.05) is 19.6 Å². The van der Waals surface area contributed by atoms with E-state index in [1.165, 1.54) is 6.92 Å². The van der Waals surface area contributed by atoms with Gasteiger partial charge in [0.2, 0.25) is 23.6 Å². The van der Waals surface area contributed by atoms with Crippen molar-refractivity contribution in [1.82, 2.24) is 47.9 Å². The van der Waals surface area contributed by atoms with Crippen LogP contribution >= 0.6 is 0 Å². The van der Waals surface area contributed by atoms with Crippen LogP contribution in [0.4, 0.5) is 0 Å². The largest absolute Gasteiger partial charge is 0.480 e. The van der Waals surface area contributed by atoms with E-state index in [4.69, 9.17) is 5.11 Å². The van der Waals surface area contributed by atoms with Crippen molar-refractivity contribution in [3.05, 3.63) is 0 Å². The highest BCUT2D eigenvalue weighted by molar-refractivity contribution is 5.86. The Labute approximate surface area is 282 Å². The Kier molecular flexibility index (Phi) is 26.5. The first kappa shape index (κ1) is 44.1. The lowest BCUT2D eigenvalue weighted by Gasteiger charge is -2.19. The summed E-state index contributed by atoms with van der Waals surface area (Å²) in [7, 11) is 8.90. The Morgan fingerprint density at radius 1 is 0.468 bits per heavy atom. The van der Waals surface area contributed by atoms with Crippen molar-refractivity contribution < 1.29 is 29.1 Å². The van der Waals surface area contributed by atoms with Crippen LogP contribution in [0.25, 0.3) is 0 Å². The van der Waals surface area contributed by atoms with E-state index in [0.717, 1.165) is 51.5 Å². The van der Waals surface area contributed by atoms with Gasteiger partial charge in [-0.15, -0.1) is 0 Å². The number of unbranched alkanes of at least 4 members (excludes halogenated alkanes) is 4. The van der Waals surface area contributed by atoms with Crippen molar-refractivity contribution in [2.24, 2.45) is 0 Å². The van der Waals surface area contributed by atoms with Crippen LogP contribution in [0.15, 0.2) is 0 Å². The van der Waals surface area contributed by atoms with Crippen LogP contribution in [0.1, 0.15) is 84.0 Å². The lowest BCUT2D eigenvalue weighted by molar-refractivity contribution is -0.141. The number of carboxylic acid groups (broad SMARTS) is 1. The number of rotatable bonds is 30. The normalized spacial score (nSPS) is 14.3. The van der Waals surface area contributed by atoms with E-state index in [1.54, 1.807) is 28.2 Å². The minimum atomic E-state index is -1.09. The minimum Gasteiger partial charge on any atom is -0.480 e. The Bertz CT molecular complexity index is 895. The third kappa shape index (κ3) is 20.9. The molecular weight excluding hydrogens is 606 g/mol. The van der Waals surface area contributed by atoms with Gasteiger partial charge in [0.1, 0.15) is 6.04 Å². The number of carboxylic acids is 1. The van der Waals surface area contributed by atoms with Gasteiger partial charge in [-0.2, -0.15) is 0 Å². The van der Waals surface area contributed by atoms with Gasteiger partial charge >= 0.3 is 5.97 Å². The van der Waals surface area contributed by atoms with Gasteiger partial charge in [0.25, 0.3) is 0 Å². The fourth-order valence-electron chi connectivity index (χ4n) is 5.08. The van der Waals surface area contributed by atoms with Gasteiger partial charge in [-0.05, 0) is 119 Å². The van der Waals surface area contributed by atoms with E-state index in [1.807, 2.05) is 7.05 Å². The molecule has 0 radical (unpaired) electrons. The summed E-state index contributed by atoms with van der Waals surface area (Å²) in [6.07, 6.45) is 9.12. The highest BCUT2D eigenvalue weighted by Gasteiger charge is 2.21. The summed E-state index contributed by atoms with van der Waals surface area (Å²) in [6.45, 7) is 3.94. The Morgan fingerprint density at radius 3 is 1.04 bits per heavy atom. The van der Waals surface area contributed by atoms with Crippen LogP contribution in [0.3, 0.4) is 0 Å². The Hall–Kier alpha value is -2.85. The molecular formula is C32H65N9O6. The number of carbonyl (C=O) groups is 5. The first-order valence-electron chi connectivity index (χ1n) is 17.3. The van der Waals surface area contributed by atoms with Crippen LogP contribution in [-0.2, 0) is 24.0 Å². The molecule has 0 saturated heterocycles. The number of aliphatic carboxylic acids is 1. The van der Waals surface area contributed by atoms with Gasteiger partial charge in [-0.1, -0.05) is 6.42 Å². The van der Waals surface area contributed by atoms with Crippen molar-refractivity contribution in [2.45, 2.75) is 114 Å². The predicted molar refractivity (Wildman–Crippen MR) is 185 cm³/mol. The standard InChI is InChI=1S/C32H65N9O6/c1-23(32(46)47)41-31(45)27(37-6)18-10-14-22-40-30(44)26(36-5)17-9-13-21-39-29(43)25(35-4)16-8-12-20-38-28(42)24(34-3)15-7-11-19-33-2/h23-27,33-37H,7-22H2,1-6H3,(H,38,42)(H,39,43)(H,40,44)(H,41,45)(H,46,47)/t23-,24-,25?,26-,27-/m0/s1. The maximum atomic E-state index is 12.6. The molecule has 15 heteroatoms. The van der Waals surface area contributed by atoms with Crippen molar-refractivity contribution in [3.63, 3.8) is 0 Å². The Balaban J connectivity index is 4.17. The molecule has 0 aromatic heterocycles. The number of likely N-dealkylation sites (N-methyl/N-ethyl adjacent to an activating group) is 4. The molecule has 5 atom stereocenters. The summed E-state index contributed by atoms with van der Waals surface area (Å²) in [6, 6.07) is -2.29. The molecule has 0 heterocycles. The van der Waals surface area contributed by atoms with Crippen LogP contribution in [-0.4, -0.2) is 126 Å². The molecule has 0 spiro atoms. The molecule has 47 heavy (non-hydrogen) atoms. The molecule has 0 aromatic carbocycles. The summed E-state index contributed by atoms with van der Waals surface area (Å²) in [5, 5.41) is 35.6. The molecule has 10 N–H and O–H groups in total. The summed E-state index contributed by atoms with van der Waals surface area (Å²) in [5.74, 6) is -1.57. The molecule has 0 aliphatic heterocycles. The minimum absolute atomic E-state index is 0.0189. The van der Waals surface area contributed by atoms with Gasteiger partial charge in [0.05, 0.1) is 24.2 Å². The number of amides is 4. The van der Waals surface area contributed by atoms with Crippen LogP contribution in [0, 0.1) is 0 Å². The zero-order valence-corrected chi connectivity index (χ0v) is 29.7. The van der Waals surface area contributed by atoms with E-state index in [2.05, 4.69) is 47.9 Å². The summed E-state index contributed by atoms with van der Waals surface area (Å²) < 4.78 is 0. The average molecular weight is 672 g/mol. The molecule has 0 aliphatic carbocycles. The molecule has 4 amide bonds. The lowest BCUT2D eigenvalue weighted by Crippen LogP contribution is -2.48. The molecule has 15 nitrogen and oxygen atoms in total. The number of nitrogens with one attached hydrogen (secondary N) is 9. The van der Waals surface area contributed by atoms with Gasteiger partial charge in [-0.25, -0.2) is 0 Å². The molecule has 0 fully saturated rings. The fourth-order valence-corrected chi connectivity index (χ4v) is 5.08. The molecule has 0 aromatic rings. The van der Waals surface area contributed by atoms with Crippen LogP contribution < -0.4 is 47.9 Å². The average Bonchev–Trinajstić information content (AvgIpc) is 3.05. The monoisotopic (exact) mass is 672 g/mol. The number of carbonyl (C=O) groups excluding carboxylic acids is 4. The number of hydrogen-bond donors (Lipinski definition) is 10. The van der Waals surface area contributed by atoms with E-state index in [-0.39, 0.29) is 41.8 Å². The van der Waals surface area contributed by atoms with Gasteiger partial charge < -0.3 is 53.0 Å². The van der Waals surface area contributed by atoms with Crippen molar-refractivity contribution in [3.8, 4) is 0 Å². The zero-order valence-electron chi connectivity index (χ0n) is 29.7. The topological polar surface area (TPSA) is 214 Å². The molecule has 0 aliphatic rings. The molecule has 0 saturated carbocycles. The van der Waals surface area contributed by atoms with Crippen molar-refractivity contribution in [1.29, 1.82) is 0 Å². The first-order valence-corrected chi connectivity index (χ1v) is 17.3. The van der Waals surface area contributed by atoms with E-state index in [9.17, 15) is 24.0 Å². The second kappa shape index (κ2) is 28.2. The van der Waals surface area contributed by atoms with Crippen LogP contribution in [0.2, 0.25) is 0 Å². The summed E-state index contributed by atoms with van der Waals surface area (Å²) >= 11 is 0. The SMILES string of the molecule is CNCCCC[C@H](NC)C(=O)NCCCCC(NC)C(=O)NCCCC[C@H](NC)C(=O)NCCCC[C@H](NC)C(=O)N[C@@H](C)C(=O)O. The molecule has 1 unspecified atom stereocenters. The van der Waals surface area contributed by atoms with Gasteiger partial charge in [-0.3, -0.25) is 24.0 Å². The fraction of sp³-hybridized carbons (Fsp3) is 0.844. The maximum absolute atomic E-state index is 12.6. The summed E-state index contributed by atoms with van der Waals surface area (Å²) in [4.78, 5) is 60.8. The summed E-state index contributed by atoms with van der Waals surface area (Å²) in [5.41, 5.74) is 0. The third-order valence-corrected chi connectivity index (χ3v) is 8.21. The van der Waals surface area contributed by atoms with Crippen molar-refractivity contribution in [2.75, 3.05) is 61.4 Å². The van der Waals surface area contributed by atoms with Crippen molar-refractivity contribution >= 4 is 29.6 Å². The Morgan fingerprint density at radius 2 is 0.766 bits per heavy atom. The van der Waals surface area contributed by atoms with E-state index >= 15 is 0 Å². The third-order valence-electron chi connectivity index (χ3n) is 8.21. The second-order valence-electron chi connectivity index (χ2n) is 11.9. The van der Waals surface area contributed by atoms with E-state index in [0.29, 0.717) is 51.7 Å². The number of hydrogen-bond acceptors (Lipinski definition) is 10. The van der Waals surface area contributed by atoms with E-state index < -0.39 is 18.1 Å².